The van der Waals surface area contributed by atoms with Crippen LogP contribution in [0.2, 0.25) is 0 Å². The fourth-order valence-corrected chi connectivity index (χ4v) is 2.98. The summed E-state index contributed by atoms with van der Waals surface area (Å²) in [4.78, 5) is 16.6. The van der Waals surface area contributed by atoms with E-state index >= 15 is 0 Å². The van der Waals surface area contributed by atoms with Crippen molar-refractivity contribution >= 4 is 11.6 Å². The number of nitrogens with zero attached hydrogens (tertiary/aromatic N) is 3. The van der Waals surface area contributed by atoms with Gasteiger partial charge in [-0.25, -0.2) is 0 Å². The molecular weight excluding hydrogens is 294 g/mol. The maximum absolute atomic E-state index is 12.5. The van der Waals surface area contributed by atoms with E-state index in [0.29, 0.717) is 31.9 Å². The molecule has 1 aromatic rings. The fraction of sp³-hybridized carbons (Fsp3) is 0.529. The van der Waals surface area contributed by atoms with Crippen molar-refractivity contribution in [3.63, 3.8) is 0 Å². The van der Waals surface area contributed by atoms with Crippen molar-refractivity contribution in [1.82, 2.24) is 4.90 Å². The van der Waals surface area contributed by atoms with E-state index in [0.717, 1.165) is 31.7 Å². The lowest BCUT2D eigenvalue weighted by molar-refractivity contribution is -0.157. The average molecular weight is 315 g/mol. The lowest BCUT2D eigenvalue weighted by Crippen LogP contribution is -2.46. The molecule has 1 amide bonds. The number of nitriles is 1. The minimum Gasteiger partial charge on any atom is -0.376 e. The predicted molar refractivity (Wildman–Crippen MR) is 85.1 cm³/mol. The second kappa shape index (κ2) is 7.44. The van der Waals surface area contributed by atoms with Gasteiger partial charge in [-0.1, -0.05) is 0 Å². The van der Waals surface area contributed by atoms with Crippen LogP contribution in [-0.4, -0.2) is 62.9 Å². The summed E-state index contributed by atoms with van der Waals surface area (Å²) in [5, 5.41) is 8.87. The van der Waals surface area contributed by atoms with Crippen molar-refractivity contribution in [2.45, 2.75) is 12.5 Å². The maximum atomic E-state index is 12.5. The van der Waals surface area contributed by atoms with E-state index in [9.17, 15) is 4.79 Å². The molecule has 122 valence electrons. The summed E-state index contributed by atoms with van der Waals surface area (Å²) in [5.41, 5.74) is 1.75. The number of amides is 1. The number of carbonyl (C=O) groups excluding carboxylic acids is 1. The van der Waals surface area contributed by atoms with Gasteiger partial charge in [0, 0.05) is 31.9 Å². The standard InChI is InChI=1S/C17H21N3O3/c18-12-14-2-4-15(5-3-14)19-6-1-7-20(9-8-19)17(21)16-13-22-10-11-23-16/h2-5,16H,1,6-11,13H2. The molecule has 2 fully saturated rings. The fourth-order valence-electron chi connectivity index (χ4n) is 2.98. The summed E-state index contributed by atoms with van der Waals surface area (Å²) < 4.78 is 10.8. The Labute approximate surface area is 136 Å². The Bertz CT molecular complexity index is 576. The van der Waals surface area contributed by atoms with E-state index in [2.05, 4.69) is 11.0 Å². The molecule has 2 aliphatic heterocycles. The van der Waals surface area contributed by atoms with Crippen molar-refractivity contribution in [2.24, 2.45) is 0 Å². The summed E-state index contributed by atoms with van der Waals surface area (Å²) in [5.74, 6) is 0.0337. The smallest absolute Gasteiger partial charge is 0.254 e. The lowest BCUT2D eigenvalue weighted by atomic mass is 10.2. The third kappa shape index (κ3) is 3.81. The van der Waals surface area contributed by atoms with Gasteiger partial charge in [0.1, 0.15) is 0 Å². The molecule has 23 heavy (non-hydrogen) atoms. The van der Waals surface area contributed by atoms with Gasteiger partial charge in [0.15, 0.2) is 6.10 Å². The Morgan fingerprint density at radius 2 is 1.96 bits per heavy atom. The molecule has 2 heterocycles. The van der Waals surface area contributed by atoms with Crippen LogP contribution < -0.4 is 4.90 Å². The first kappa shape index (κ1) is 15.8. The summed E-state index contributed by atoms with van der Waals surface area (Å²) >= 11 is 0. The third-order valence-corrected chi connectivity index (χ3v) is 4.26. The SMILES string of the molecule is N#Cc1ccc(N2CCCN(C(=O)C3COCCO3)CC2)cc1. The first-order chi connectivity index (χ1) is 11.3. The Kier molecular flexibility index (Phi) is 5.11. The molecular formula is C17H21N3O3. The van der Waals surface area contributed by atoms with Gasteiger partial charge in [0.05, 0.1) is 31.5 Å². The minimum absolute atomic E-state index is 0.0337. The quantitative estimate of drug-likeness (QED) is 0.815. The van der Waals surface area contributed by atoms with Gasteiger partial charge in [0.2, 0.25) is 0 Å². The molecule has 0 N–H and O–H groups in total. The van der Waals surface area contributed by atoms with Crippen LogP contribution in [0.5, 0.6) is 0 Å². The molecule has 3 rings (SSSR count). The minimum atomic E-state index is -0.454. The molecule has 2 aliphatic rings. The number of benzene rings is 1. The van der Waals surface area contributed by atoms with E-state index in [1.165, 1.54) is 0 Å². The van der Waals surface area contributed by atoms with Crippen LogP contribution in [0.25, 0.3) is 0 Å². The summed E-state index contributed by atoms with van der Waals surface area (Å²) in [6.45, 7) is 4.51. The van der Waals surface area contributed by atoms with Crippen molar-refractivity contribution in [3.05, 3.63) is 29.8 Å². The normalized spacial score (nSPS) is 22.3. The second-order valence-corrected chi connectivity index (χ2v) is 5.76. The summed E-state index contributed by atoms with van der Waals surface area (Å²) in [7, 11) is 0. The number of carbonyl (C=O) groups is 1. The maximum Gasteiger partial charge on any atom is 0.254 e. The third-order valence-electron chi connectivity index (χ3n) is 4.26. The molecule has 0 aromatic heterocycles. The average Bonchev–Trinajstić information content (AvgIpc) is 2.88. The van der Waals surface area contributed by atoms with Crippen molar-refractivity contribution in [1.29, 1.82) is 5.26 Å². The highest BCUT2D eigenvalue weighted by molar-refractivity contribution is 5.81. The molecule has 6 heteroatoms. The molecule has 1 unspecified atom stereocenters. The van der Waals surface area contributed by atoms with E-state index in [4.69, 9.17) is 14.7 Å². The summed E-state index contributed by atoms with van der Waals surface area (Å²) in [6.07, 6.45) is 0.462. The first-order valence-corrected chi connectivity index (χ1v) is 8.01. The zero-order valence-electron chi connectivity index (χ0n) is 13.1. The molecule has 1 aromatic carbocycles. The van der Waals surface area contributed by atoms with Crippen LogP contribution in [0.4, 0.5) is 5.69 Å². The Morgan fingerprint density at radius 3 is 2.65 bits per heavy atom. The van der Waals surface area contributed by atoms with Gasteiger partial charge in [-0.05, 0) is 30.7 Å². The lowest BCUT2D eigenvalue weighted by Gasteiger charge is -2.28. The number of hydrogen-bond donors (Lipinski definition) is 0. The van der Waals surface area contributed by atoms with Gasteiger partial charge in [0.25, 0.3) is 5.91 Å². The van der Waals surface area contributed by atoms with E-state index in [1.54, 1.807) is 0 Å². The summed E-state index contributed by atoms with van der Waals surface area (Å²) in [6, 6.07) is 9.72. The number of anilines is 1. The highest BCUT2D eigenvalue weighted by Gasteiger charge is 2.28. The van der Waals surface area contributed by atoms with Crippen LogP contribution in [0, 0.1) is 11.3 Å². The first-order valence-electron chi connectivity index (χ1n) is 8.01. The zero-order chi connectivity index (χ0) is 16.1. The Balaban J connectivity index is 1.60. The molecule has 0 aliphatic carbocycles. The number of ether oxygens (including phenoxy) is 2. The Hall–Kier alpha value is -2.10. The number of rotatable bonds is 2. The van der Waals surface area contributed by atoms with E-state index in [1.807, 2.05) is 29.2 Å². The highest BCUT2D eigenvalue weighted by atomic mass is 16.6. The van der Waals surface area contributed by atoms with Gasteiger partial charge in [-0.15, -0.1) is 0 Å². The van der Waals surface area contributed by atoms with E-state index < -0.39 is 6.10 Å². The van der Waals surface area contributed by atoms with Crippen LogP contribution >= 0.6 is 0 Å². The van der Waals surface area contributed by atoms with Crippen LogP contribution in [0.1, 0.15) is 12.0 Å². The van der Waals surface area contributed by atoms with E-state index in [-0.39, 0.29) is 5.91 Å². The molecule has 1 atom stereocenters. The van der Waals surface area contributed by atoms with Gasteiger partial charge in [-0.3, -0.25) is 4.79 Å². The van der Waals surface area contributed by atoms with Crippen LogP contribution in [0.3, 0.4) is 0 Å². The molecule has 6 nitrogen and oxygen atoms in total. The second-order valence-electron chi connectivity index (χ2n) is 5.76. The predicted octanol–water partition coefficient (Wildman–Crippen LogP) is 1.01. The molecule has 2 saturated heterocycles. The van der Waals surface area contributed by atoms with Gasteiger partial charge in [-0.2, -0.15) is 5.26 Å². The zero-order valence-corrected chi connectivity index (χ0v) is 13.1. The topological polar surface area (TPSA) is 65.8 Å². The molecule has 0 spiro atoms. The van der Waals surface area contributed by atoms with Crippen LogP contribution in [-0.2, 0) is 14.3 Å². The van der Waals surface area contributed by atoms with Crippen molar-refractivity contribution < 1.29 is 14.3 Å². The monoisotopic (exact) mass is 315 g/mol. The van der Waals surface area contributed by atoms with Gasteiger partial charge >= 0.3 is 0 Å². The molecule has 0 radical (unpaired) electrons. The number of hydrogen-bond acceptors (Lipinski definition) is 5. The highest BCUT2D eigenvalue weighted by Crippen LogP contribution is 2.18. The van der Waals surface area contributed by atoms with Crippen LogP contribution in [0.15, 0.2) is 24.3 Å². The van der Waals surface area contributed by atoms with Crippen molar-refractivity contribution in [3.8, 4) is 6.07 Å². The van der Waals surface area contributed by atoms with Gasteiger partial charge < -0.3 is 19.3 Å². The largest absolute Gasteiger partial charge is 0.376 e. The molecule has 0 saturated carbocycles. The van der Waals surface area contributed by atoms with Crippen molar-refractivity contribution in [2.75, 3.05) is 50.9 Å². The Morgan fingerprint density at radius 1 is 1.13 bits per heavy atom. The molecule has 0 bridgehead atoms.